The van der Waals surface area contributed by atoms with E-state index in [4.69, 9.17) is 4.74 Å². The van der Waals surface area contributed by atoms with Crippen molar-refractivity contribution in [1.29, 1.82) is 0 Å². The second-order valence-corrected chi connectivity index (χ2v) is 6.93. The summed E-state index contributed by atoms with van der Waals surface area (Å²) < 4.78 is 9.65. The maximum atomic E-state index is 12.0. The zero-order chi connectivity index (χ0) is 19.5. The first kappa shape index (κ1) is 18.0. The standard InChI is InChI=1S/C20H22N6O2/c1-3-5-19(27)25-8-4-6-15(12-25)14-28-20-23-17(16-11-22-24(2)13-16)10-18-21-7-9-26(18)20/h7,9-11,13,15H,4,6,8,12,14H2,1-2H3/t15-/m0/s1. The summed E-state index contributed by atoms with van der Waals surface area (Å²) in [5, 5.41) is 4.21. The Kier molecular flexibility index (Phi) is 4.98. The molecular formula is C20H22N6O2. The van der Waals surface area contributed by atoms with Crippen LogP contribution in [0.2, 0.25) is 0 Å². The molecule has 0 saturated carbocycles. The molecule has 28 heavy (non-hydrogen) atoms. The number of nitrogens with zero attached hydrogens (tertiary/aromatic N) is 6. The first-order valence-electron chi connectivity index (χ1n) is 9.31. The Morgan fingerprint density at radius 3 is 3.11 bits per heavy atom. The Labute approximate surface area is 163 Å². The third kappa shape index (κ3) is 3.69. The Hall–Kier alpha value is -3.34. The average Bonchev–Trinajstić information content (AvgIpc) is 3.35. The molecule has 3 aromatic heterocycles. The van der Waals surface area contributed by atoms with Gasteiger partial charge in [0.15, 0.2) is 0 Å². The van der Waals surface area contributed by atoms with Crippen LogP contribution in [0.15, 0.2) is 30.9 Å². The van der Waals surface area contributed by atoms with Gasteiger partial charge in [0.25, 0.3) is 5.91 Å². The topological polar surface area (TPSA) is 77.6 Å². The first-order chi connectivity index (χ1) is 13.6. The van der Waals surface area contributed by atoms with Crippen molar-refractivity contribution in [2.75, 3.05) is 19.7 Å². The van der Waals surface area contributed by atoms with Crippen LogP contribution in [0.1, 0.15) is 19.8 Å². The maximum absolute atomic E-state index is 12.0. The van der Waals surface area contributed by atoms with Crippen molar-refractivity contribution in [2.45, 2.75) is 19.8 Å². The van der Waals surface area contributed by atoms with Crippen LogP contribution < -0.4 is 4.74 Å². The summed E-state index contributed by atoms with van der Waals surface area (Å²) in [5.74, 6) is 5.44. The summed E-state index contributed by atoms with van der Waals surface area (Å²) in [6, 6.07) is 2.40. The molecule has 1 atom stereocenters. The highest BCUT2D eigenvalue weighted by Gasteiger charge is 2.24. The van der Waals surface area contributed by atoms with E-state index >= 15 is 0 Å². The zero-order valence-electron chi connectivity index (χ0n) is 16.0. The van der Waals surface area contributed by atoms with Gasteiger partial charge in [0.1, 0.15) is 5.65 Å². The largest absolute Gasteiger partial charge is 0.464 e. The molecular weight excluding hydrogens is 356 g/mol. The van der Waals surface area contributed by atoms with Crippen LogP contribution in [-0.2, 0) is 11.8 Å². The van der Waals surface area contributed by atoms with Crippen molar-refractivity contribution < 1.29 is 9.53 Å². The van der Waals surface area contributed by atoms with E-state index in [1.807, 2.05) is 29.9 Å². The number of piperidine rings is 1. The second-order valence-electron chi connectivity index (χ2n) is 6.93. The van der Waals surface area contributed by atoms with E-state index in [1.54, 1.807) is 28.9 Å². The van der Waals surface area contributed by atoms with Gasteiger partial charge in [-0.05, 0) is 25.7 Å². The van der Waals surface area contributed by atoms with Gasteiger partial charge in [-0.2, -0.15) is 10.1 Å². The van der Waals surface area contributed by atoms with Gasteiger partial charge in [-0.25, -0.2) is 4.98 Å². The number of carbonyl (C=O) groups is 1. The van der Waals surface area contributed by atoms with Crippen LogP contribution in [0.25, 0.3) is 16.9 Å². The molecule has 4 rings (SSSR count). The highest BCUT2D eigenvalue weighted by atomic mass is 16.5. The lowest BCUT2D eigenvalue weighted by molar-refractivity contribution is -0.127. The third-order valence-corrected chi connectivity index (χ3v) is 4.84. The van der Waals surface area contributed by atoms with Gasteiger partial charge in [0.05, 0.1) is 18.5 Å². The molecule has 8 heteroatoms. The van der Waals surface area contributed by atoms with Crippen LogP contribution in [0, 0.1) is 17.8 Å². The number of rotatable bonds is 4. The van der Waals surface area contributed by atoms with Crippen LogP contribution >= 0.6 is 0 Å². The summed E-state index contributed by atoms with van der Waals surface area (Å²) in [7, 11) is 1.87. The number of hydrogen-bond acceptors (Lipinski definition) is 5. The minimum Gasteiger partial charge on any atom is -0.464 e. The zero-order valence-corrected chi connectivity index (χ0v) is 16.0. The first-order valence-corrected chi connectivity index (χ1v) is 9.31. The number of amides is 1. The molecule has 1 fully saturated rings. The number of ether oxygens (including phenoxy) is 1. The van der Waals surface area contributed by atoms with Gasteiger partial charge in [-0.15, -0.1) is 0 Å². The fourth-order valence-electron chi connectivity index (χ4n) is 3.46. The third-order valence-electron chi connectivity index (χ3n) is 4.84. The molecule has 144 valence electrons. The molecule has 8 nitrogen and oxygen atoms in total. The number of aromatic nitrogens is 5. The number of fused-ring (bicyclic) bond motifs is 1. The normalized spacial score (nSPS) is 16.6. The fraction of sp³-hybridized carbons (Fsp3) is 0.400. The van der Waals surface area contributed by atoms with Crippen molar-refractivity contribution in [3.05, 3.63) is 30.9 Å². The summed E-state index contributed by atoms with van der Waals surface area (Å²) in [4.78, 5) is 22.9. The predicted octanol–water partition coefficient (Wildman–Crippen LogP) is 1.77. The van der Waals surface area contributed by atoms with Gasteiger partial charge >= 0.3 is 6.01 Å². The predicted molar refractivity (Wildman–Crippen MR) is 103 cm³/mol. The lowest BCUT2D eigenvalue weighted by atomic mass is 9.99. The van der Waals surface area contributed by atoms with E-state index in [2.05, 4.69) is 26.9 Å². The maximum Gasteiger partial charge on any atom is 0.302 e. The van der Waals surface area contributed by atoms with E-state index < -0.39 is 0 Å². The van der Waals surface area contributed by atoms with E-state index in [0.29, 0.717) is 19.2 Å². The van der Waals surface area contributed by atoms with Gasteiger partial charge in [0, 0.05) is 56.3 Å². The molecule has 1 saturated heterocycles. The average molecular weight is 378 g/mol. The minimum absolute atomic E-state index is 0.110. The molecule has 1 aliphatic heterocycles. The van der Waals surface area contributed by atoms with Crippen molar-refractivity contribution in [1.82, 2.24) is 29.0 Å². The molecule has 0 bridgehead atoms. The van der Waals surface area contributed by atoms with Crippen molar-refractivity contribution in [3.8, 4) is 29.1 Å². The van der Waals surface area contributed by atoms with Gasteiger partial charge in [-0.1, -0.05) is 5.92 Å². The van der Waals surface area contributed by atoms with E-state index in [9.17, 15) is 4.79 Å². The highest BCUT2D eigenvalue weighted by molar-refractivity contribution is 5.93. The van der Waals surface area contributed by atoms with Crippen molar-refractivity contribution in [2.24, 2.45) is 13.0 Å². The number of carbonyl (C=O) groups excluding carboxylic acids is 1. The molecule has 1 aliphatic rings. The lowest BCUT2D eigenvalue weighted by Gasteiger charge is -2.31. The number of aryl methyl sites for hydroxylation is 1. The molecule has 0 radical (unpaired) electrons. The van der Waals surface area contributed by atoms with E-state index in [-0.39, 0.29) is 11.8 Å². The van der Waals surface area contributed by atoms with Crippen molar-refractivity contribution in [3.63, 3.8) is 0 Å². The van der Waals surface area contributed by atoms with Gasteiger partial charge < -0.3 is 9.64 Å². The monoisotopic (exact) mass is 378 g/mol. The van der Waals surface area contributed by atoms with Crippen LogP contribution in [0.3, 0.4) is 0 Å². The smallest absolute Gasteiger partial charge is 0.302 e. The fourth-order valence-corrected chi connectivity index (χ4v) is 3.46. The quantitative estimate of drug-likeness (QED) is 0.647. The van der Waals surface area contributed by atoms with Crippen LogP contribution in [0.5, 0.6) is 6.01 Å². The summed E-state index contributed by atoms with van der Waals surface area (Å²) in [6.45, 7) is 3.58. The minimum atomic E-state index is -0.110. The molecule has 3 aromatic rings. The number of likely N-dealkylation sites (tertiary alicyclic amines) is 1. The summed E-state index contributed by atoms with van der Waals surface area (Å²) in [6.07, 6.45) is 9.20. The van der Waals surface area contributed by atoms with Gasteiger partial charge in [0.2, 0.25) is 0 Å². The summed E-state index contributed by atoms with van der Waals surface area (Å²) in [5.41, 5.74) is 2.44. The second kappa shape index (κ2) is 7.72. The number of imidazole rings is 1. The molecule has 4 heterocycles. The molecule has 0 aliphatic carbocycles. The molecule has 0 spiro atoms. The molecule has 0 aromatic carbocycles. The van der Waals surface area contributed by atoms with E-state index in [1.165, 1.54) is 0 Å². The SMILES string of the molecule is CC#CC(=O)N1CCC[C@H](COc2nc(-c3cnn(C)c3)cc3nccn23)C1. The molecule has 0 unspecified atom stereocenters. The Morgan fingerprint density at radius 1 is 1.43 bits per heavy atom. The van der Waals surface area contributed by atoms with Crippen LogP contribution in [0.4, 0.5) is 0 Å². The Bertz CT molecular complexity index is 1060. The molecule has 1 amide bonds. The van der Waals surface area contributed by atoms with Crippen molar-refractivity contribution >= 4 is 11.6 Å². The lowest BCUT2D eigenvalue weighted by Crippen LogP contribution is -2.41. The Morgan fingerprint density at radius 2 is 2.32 bits per heavy atom. The number of hydrogen-bond donors (Lipinski definition) is 0. The highest BCUT2D eigenvalue weighted by Crippen LogP contribution is 2.23. The Balaban J connectivity index is 1.52. The van der Waals surface area contributed by atoms with E-state index in [0.717, 1.165) is 36.3 Å². The van der Waals surface area contributed by atoms with Gasteiger partial charge in [-0.3, -0.25) is 13.9 Å². The summed E-state index contributed by atoms with van der Waals surface area (Å²) >= 11 is 0. The molecule has 0 N–H and O–H groups in total. The van der Waals surface area contributed by atoms with Crippen LogP contribution in [-0.4, -0.2) is 54.7 Å².